The number of hydrogen-bond donors (Lipinski definition) is 3. The number of hydrogen-bond acceptors (Lipinski definition) is 3. The van der Waals surface area contributed by atoms with Gasteiger partial charge in [-0.15, -0.1) is 0 Å². The largest absolute Gasteiger partial charge is 0.352 e. The third kappa shape index (κ3) is 7.24. The molecule has 7 nitrogen and oxygen atoms in total. The summed E-state index contributed by atoms with van der Waals surface area (Å²) in [7, 11) is 3.41. The molecule has 3 N–H and O–H groups in total. The first-order valence-corrected chi connectivity index (χ1v) is 10.1. The summed E-state index contributed by atoms with van der Waals surface area (Å²) in [6.45, 7) is 3.47. The summed E-state index contributed by atoms with van der Waals surface area (Å²) in [5.41, 5.74) is 3.02. The van der Waals surface area contributed by atoms with Crippen LogP contribution in [-0.2, 0) is 13.1 Å². The Morgan fingerprint density at radius 2 is 1.27 bits per heavy atom. The fraction of sp³-hybridized carbons (Fsp3) is 0.348. The van der Waals surface area contributed by atoms with Crippen LogP contribution in [0.2, 0.25) is 0 Å². The van der Waals surface area contributed by atoms with Crippen molar-refractivity contribution in [1.82, 2.24) is 20.9 Å². The maximum atomic E-state index is 12.0. The van der Waals surface area contributed by atoms with Crippen LogP contribution in [0.3, 0.4) is 0 Å². The van der Waals surface area contributed by atoms with E-state index >= 15 is 0 Å². The summed E-state index contributed by atoms with van der Waals surface area (Å²) >= 11 is 0. The van der Waals surface area contributed by atoms with E-state index < -0.39 is 0 Å². The van der Waals surface area contributed by atoms with Crippen LogP contribution < -0.4 is 16.0 Å². The van der Waals surface area contributed by atoms with Crippen LogP contribution in [0, 0.1) is 0 Å². The molecule has 0 unspecified atom stereocenters. The van der Waals surface area contributed by atoms with Crippen molar-refractivity contribution in [2.75, 3.05) is 20.6 Å². The highest BCUT2D eigenvalue weighted by Gasteiger charge is 2.08. The minimum absolute atomic E-state index is 0.0586. The number of amides is 4. The topological polar surface area (TPSA) is 90.5 Å². The monoisotopic (exact) mass is 410 g/mol. The minimum atomic E-state index is -0.287. The molecule has 0 saturated heterocycles. The van der Waals surface area contributed by atoms with Gasteiger partial charge in [0.25, 0.3) is 11.8 Å². The molecule has 0 atom stereocenters. The van der Waals surface area contributed by atoms with Gasteiger partial charge >= 0.3 is 6.03 Å². The second kappa shape index (κ2) is 11.6. The minimum Gasteiger partial charge on any atom is -0.352 e. The average molecular weight is 411 g/mol. The Hall–Kier alpha value is -3.35. The van der Waals surface area contributed by atoms with Crippen molar-refractivity contribution in [2.24, 2.45) is 0 Å². The number of carbonyl (C=O) groups excluding carboxylic acids is 3. The third-order valence-corrected chi connectivity index (χ3v) is 4.55. The normalized spacial score (nSPS) is 10.2. The van der Waals surface area contributed by atoms with Crippen LogP contribution >= 0.6 is 0 Å². The Labute approximate surface area is 177 Å². The van der Waals surface area contributed by atoms with Gasteiger partial charge in [0.1, 0.15) is 0 Å². The molecule has 0 aliphatic rings. The van der Waals surface area contributed by atoms with Gasteiger partial charge < -0.3 is 20.9 Å². The Balaban J connectivity index is 1.75. The zero-order valence-corrected chi connectivity index (χ0v) is 17.8. The molecule has 2 aromatic carbocycles. The smallest absolute Gasteiger partial charge is 0.315 e. The molecule has 0 spiro atoms. The molecule has 0 aliphatic heterocycles. The molecule has 30 heavy (non-hydrogen) atoms. The zero-order chi connectivity index (χ0) is 21.9. The Kier molecular flexibility index (Phi) is 8.87. The van der Waals surface area contributed by atoms with E-state index in [9.17, 15) is 14.4 Å². The summed E-state index contributed by atoms with van der Waals surface area (Å²) in [4.78, 5) is 37.4. The van der Waals surface area contributed by atoms with Crippen LogP contribution in [0.5, 0.6) is 0 Å². The Morgan fingerprint density at radius 1 is 0.767 bits per heavy atom. The van der Waals surface area contributed by atoms with E-state index in [1.54, 1.807) is 38.4 Å². The number of carbonyl (C=O) groups is 3. The van der Waals surface area contributed by atoms with Crippen molar-refractivity contribution in [3.63, 3.8) is 0 Å². The van der Waals surface area contributed by atoms with Crippen LogP contribution in [0.15, 0.2) is 48.5 Å². The third-order valence-electron chi connectivity index (χ3n) is 4.55. The molecular weight excluding hydrogens is 380 g/mol. The SMILES string of the molecule is CCCCNC(=O)c1ccc(CNC(=O)NCc2ccc(C(=O)N(C)C)cc2)cc1. The fourth-order valence-corrected chi connectivity index (χ4v) is 2.71. The Morgan fingerprint density at radius 3 is 1.73 bits per heavy atom. The summed E-state index contributed by atoms with van der Waals surface area (Å²) in [5.74, 6) is -0.143. The highest BCUT2D eigenvalue weighted by Crippen LogP contribution is 2.07. The molecule has 0 aromatic heterocycles. The van der Waals surface area contributed by atoms with Crippen molar-refractivity contribution >= 4 is 17.8 Å². The van der Waals surface area contributed by atoms with E-state index in [0.717, 1.165) is 24.0 Å². The first-order chi connectivity index (χ1) is 14.4. The molecule has 0 radical (unpaired) electrons. The number of unbranched alkanes of at least 4 members (excludes halogenated alkanes) is 1. The van der Waals surface area contributed by atoms with Crippen molar-refractivity contribution in [3.8, 4) is 0 Å². The van der Waals surface area contributed by atoms with E-state index in [0.29, 0.717) is 30.8 Å². The van der Waals surface area contributed by atoms with Crippen molar-refractivity contribution in [3.05, 3.63) is 70.8 Å². The van der Waals surface area contributed by atoms with E-state index in [2.05, 4.69) is 22.9 Å². The number of nitrogens with zero attached hydrogens (tertiary/aromatic N) is 1. The molecule has 0 aliphatic carbocycles. The summed E-state index contributed by atoms with van der Waals surface area (Å²) in [5, 5.41) is 8.46. The van der Waals surface area contributed by atoms with Gasteiger partial charge in [-0.25, -0.2) is 4.79 Å². The van der Waals surface area contributed by atoms with Gasteiger partial charge in [0.15, 0.2) is 0 Å². The standard InChI is InChI=1S/C23H30N4O3/c1-4-5-14-24-21(28)19-10-6-17(7-11-19)15-25-23(30)26-16-18-8-12-20(13-9-18)22(29)27(2)3/h6-13H,4-5,14-16H2,1-3H3,(H,24,28)(H2,25,26,30). The number of rotatable bonds is 9. The van der Waals surface area contributed by atoms with Crippen molar-refractivity contribution < 1.29 is 14.4 Å². The predicted octanol–water partition coefficient (Wildman–Crippen LogP) is 2.92. The van der Waals surface area contributed by atoms with E-state index in [1.165, 1.54) is 4.90 Å². The van der Waals surface area contributed by atoms with E-state index in [-0.39, 0.29) is 17.8 Å². The highest BCUT2D eigenvalue weighted by atomic mass is 16.2. The van der Waals surface area contributed by atoms with Gasteiger partial charge in [-0.3, -0.25) is 9.59 Å². The predicted molar refractivity (Wildman–Crippen MR) is 117 cm³/mol. The van der Waals surface area contributed by atoms with Gasteiger partial charge in [-0.05, 0) is 41.8 Å². The molecule has 2 aromatic rings. The van der Waals surface area contributed by atoms with Crippen molar-refractivity contribution in [2.45, 2.75) is 32.9 Å². The quantitative estimate of drug-likeness (QED) is 0.555. The molecule has 2 rings (SSSR count). The van der Waals surface area contributed by atoms with E-state index in [1.807, 2.05) is 24.3 Å². The van der Waals surface area contributed by atoms with Crippen molar-refractivity contribution in [1.29, 1.82) is 0 Å². The molecule has 0 heterocycles. The summed E-state index contributed by atoms with van der Waals surface area (Å²) in [6.07, 6.45) is 2.00. The molecule has 7 heteroatoms. The van der Waals surface area contributed by atoms with E-state index in [4.69, 9.17) is 0 Å². The van der Waals surface area contributed by atoms with Gasteiger partial charge in [0.2, 0.25) is 0 Å². The van der Waals surface area contributed by atoms with Crippen LogP contribution in [0.4, 0.5) is 4.79 Å². The first kappa shape index (κ1) is 22.9. The molecule has 0 bridgehead atoms. The lowest BCUT2D eigenvalue weighted by molar-refractivity contribution is 0.0827. The lowest BCUT2D eigenvalue weighted by atomic mass is 10.1. The second-order valence-electron chi connectivity index (χ2n) is 7.24. The molecular formula is C23H30N4O3. The number of benzene rings is 2. The van der Waals surface area contributed by atoms with Crippen LogP contribution in [0.25, 0.3) is 0 Å². The lowest BCUT2D eigenvalue weighted by Gasteiger charge is -2.11. The zero-order valence-electron chi connectivity index (χ0n) is 17.8. The van der Waals surface area contributed by atoms with Crippen LogP contribution in [0.1, 0.15) is 51.6 Å². The molecule has 160 valence electrons. The second-order valence-corrected chi connectivity index (χ2v) is 7.24. The maximum Gasteiger partial charge on any atom is 0.315 e. The average Bonchev–Trinajstić information content (AvgIpc) is 2.76. The first-order valence-electron chi connectivity index (χ1n) is 10.1. The Bertz CT molecular complexity index is 846. The van der Waals surface area contributed by atoms with Gasteiger partial charge in [0, 0.05) is 44.9 Å². The van der Waals surface area contributed by atoms with Gasteiger partial charge in [0.05, 0.1) is 0 Å². The van der Waals surface area contributed by atoms with Gasteiger partial charge in [-0.1, -0.05) is 37.6 Å². The molecule has 0 saturated carbocycles. The van der Waals surface area contributed by atoms with Crippen LogP contribution in [-0.4, -0.2) is 43.4 Å². The molecule has 0 fully saturated rings. The van der Waals surface area contributed by atoms with Gasteiger partial charge in [-0.2, -0.15) is 0 Å². The maximum absolute atomic E-state index is 12.0. The summed E-state index contributed by atoms with van der Waals surface area (Å²) in [6, 6.07) is 14.0. The lowest BCUT2D eigenvalue weighted by Crippen LogP contribution is -2.34. The summed E-state index contributed by atoms with van der Waals surface area (Å²) < 4.78 is 0. The number of nitrogens with one attached hydrogen (secondary N) is 3. The number of urea groups is 1. The molecule has 4 amide bonds. The fourth-order valence-electron chi connectivity index (χ4n) is 2.71. The highest BCUT2D eigenvalue weighted by molar-refractivity contribution is 5.94.